The number of benzene rings is 2. The van der Waals surface area contributed by atoms with Crippen LogP contribution in [0.4, 0.5) is 10.8 Å². The fourth-order valence-electron chi connectivity index (χ4n) is 3.41. The zero-order valence-corrected chi connectivity index (χ0v) is 20.3. The minimum atomic E-state index is -0.244. The molecule has 3 heterocycles. The van der Waals surface area contributed by atoms with Gasteiger partial charge in [-0.1, -0.05) is 29.8 Å². The van der Waals surface area contributed by atoms with Gasteiger partial charge in [-0.3, -0.25) is 14.9 Å². The van der Waals surface area contributed by atoms with Gasteiger partial charge in [0.05, 0.1) is 28.4 Å². The van der Waals surface area contributed by atoms with Gasteiger partial charge in [0.2, 0.25) is 5.91 Å². The Kier molecular flexibility index (Phi) is 6.14. The third-order valence-corrected chi connectivity index (χ3v) is 7.18. The first-order valence-corrected chi connectivity index (χ1v) is 12.4. The number of hydrogen-bond acceptors (Lipinski definition) is 6. The Morgan fingerprint density at radius 1 is 1.06 bits per heavy atom. The molecular weight excluding hydrogens is 490 g/mol. The normalized spacial score (nSPS) is 11.0. The number of fused-ring (bicyclic) bond motifs is 1. The van der Waals surface area contributed by atoms with Gasteiger partial charge in [-0.2, -0.15) is 5.10 Å². The van der Waals surface area contributed by atoms with E-state index in [0.717, 1.165) is 21.6 Å². The van der Waals surface area contributed by atoms with Crippen LogP contribution in [0.2, 0.25) is 5.02 Å². The van der Waals surface area contributed by atoms with Gasteiger partial charge in [-0.05, 0) is 49.4 Å². The molecule has 0 radical (unpaired) electrons. The van der Waals surface area contributed by atoms with Crippen LogP contribution in [-0.4, -0.2) is 26.6 Å². The highest BCUT2D eigenvalue weighted by molar-refractivity contribution is 7.20. The number of aryl methyl sites for hydroxylation is 1. The number of nitrogens with one attached hydrogen (secondary N) is 2. The van der Waals surface area contributed by atoms with Crippen molar-refractivity contribution < 1.29 is 9.59 Å². The summed E-state index contributed by atoms with van der Waals surface area (Å²) < 4.78 is 1.85. The minimum absolute atomic E-state index is 0.101. The Balaban J connectivity index is 1.27. The first-order chi connectivity index (χ1) is 16.5. The van der Waals surface area contributed by atoms with Crippen molar-refractivity contribution in [3.8, 4) is 5.69 Å². The minimum Gasteiger partial charge on any atom is -0.326 e. The first kappa shape index (κ1) is 22.3. The summed E-state index contributed by atoms with van der Waals surface area (Å²) in [5.74, 6) is -0.442. The standard InChI is InChI=1S/C24H18ClN5O2S2/c1-14-19-12-20(34-23(19)30(29-14)18-5-3-2-4-6-18)22(32)28-24-27-17(13-33-24)11-21(31)26-16-9-7-15(25)8-10-16/h2-10,12-13H,11H2,1H3,(H,26,31)(H,27,28,32). The van der Waals surface area contributed by atoms with Crippen molar-refractivity contribution in [3.05, 3.63) is 87.3 Å². The first-order valence-electron chi connectivity index (χ1n) is 10.3. The summed E-state index contributed by atoms with van der Waals surface area (Å²) in [6.07, 6.45) is 0.101. The summed E-state index contributed by atoms with van der Waals surface area (Å²) in [5.41, 5.74) is 3.04. The number of carbonyl (C=O) groups excluding carboxylic acids is 2. The summed E-state index contributed by atoms with van der Waals surface area (Å²) in [7, 11) is 0. The number of carbonyl (C=O) groups is 2. The molecule has 7 nitrogen and oxygen atoms in total. The van der Waals surface area contributed by atoms with Crippen molar-refractivity contribution in [2.24, 2.45) is 0 Å². The van der Waals surface area contributed by atoms with Gasteiger partial charge in [-0.15, -0.1) is 22.7 Å². The lowest BCUT2D eigenvalue weighted by molar-refractivity contribution is -0.115. The molecule has 5 rings (SSSR count). The predicted octanol–water partition coefficient (Wildman–Crippen LogP) is 5.94. The summed E-state index contributed by atoms with van der Waals surface area (Å²) in [6.45, 7) is 1.93. The van der Waals surface area contributed by atoms with Gasteiger partial charge in [0.15, 0.2) is 5.13 Å². The molecule has 0 aliphatic heterocycles. The summed E-state index contributed by atoms with van der Waals surface area (Å²) in [6, 6.07) is 18.6. The van der Waals surface area contributed by atoms with Crippen molar-refractivity contribution in [2.75, 3.05) is 10.6 Å². The molecule has 0 aliphatic carbocycles. The molecule has 0 saturated heterocycles. The van der Waals surface area contributed by atoms with Crippen LogP contribution in [0.1, 0.15) is 21.1 Å². The van der Waals surface area contributed by atoms with E-state index in [1.165, 1.54) is 22.7 Å². The van der Waals surface area contributed by atoms with E-state index >= 15 is 0 Å². The molecule has 0 unspecified atom stereocenters. The lowest BCUT2D eigenvalue weighted by atomic mass is 10.3. The van der Waals surface area contributed by atoms with E-state index in [1.54, 1.807) is 29.6 Å². The van der Waals surface area contributed by atoms with Gasteiger partial charge >= 0.3 is 0 Å². The maximum atomic E-state index is 12.9. The molecule has 2 aromatic carbocycles. The second-order valence-electron chi connectivity index (χ2n) is 7.49. The Hall–Kier alpha value is -3.53. The highest BCUT2D eigenvalue weighted by Gasteiger charge is 2.18. The summed E-state index contributed by atoms with van der Waals surface area (Å²) in [4.78, 5) is 31.0. The molecule has 10 heteroatoms. The molecular formula is C24H18ClN5O2S2. The Morgan fingerprint density at radius 3 is 2.59 bits per heavy atom. The molecule has 0 saturated carbocycles. The molecule has 0 fully saturated rings. The molecule has 0 spiro atoms. The van der Waals surface area contributed by atoms with Gasteiger partial charge in [0.1, 0.15) is 4.83 Å². The monoisotopic (exact) mass is 507 g/mol. The van der Waals surface area contributed by atoms with Crippen LogP contribution in [0.25, 0.3) is 15.9 Å². The van der Waals surface area contributed by atoms with Gasteiger partial charge < -0.3 is 5.32 Å². The zero-order valence-electron chi connectivity index (χ0n) is 17.9. The van der Waals surface area contributed by atoms with E-state index in [1.807, 2.05) is 48.0 Å². The lowest BCUT2D eigenvalue weighted by Gasteiger charge is -2.03. The molecule has 0 bridgehead atoms. The molecule has 3 aromatic heterocycles. The number of halogens is 1. The van der Waals surface area contributed by atoms with Gasteiger partial charge in [0, 0.05) is 21.5 Å². The Bertz CT molecular complexity index is 1490. The molecule has 0 atom stereocenters. The van der Waals surface area contributed by atoms with Crippen LogP contribution in [0.15, 0.2) is 66.0 Å². The molecule has 170 valence electrons. The number of hydrogen-bond donors (Lipinski definition) is 2. The van der Waals surface area contributed by atoms with E-state index in [0.29, 0.717) is 26.4 Å². The molecule has 2 amide bonds. The average molecular weight is 508 g/mol. The van der Waals surface area contributed by atoms with Crippen LogP contribution in [0.3, 0.4) is 0 Å². The van der Waals surface area contributed by atoms with Gasteiger partial charge in [-0.25, -0.2) is 9.67 Å². The highest BCUT2D eigenvalue weighted by Crippen LogP contribution is 2.31. The third kappa shape index (κ3) is 4.72. The average Bonchev–Trinajstić information content (AvgIpc) is 3.53. The van der Waals surface area contributed by atoms with Crippen LogP contribution in [0.5, 0.6) is 0 Å². The number of nitrogens with zero attached hydrogens (tertiary/aromatic N) is 3. The van der Waals surface area contributed by atoms with Crippen LogP contribution in [0, 0.1) is 6.92 Å². The smallest absolute Gasteiger partial charge is 0.267 e. The fourth-order valence-corrected chi connectivity index (χ4v) is 5.32. The van der Waals surface area contributed by atoms with Crippen molar-refractivity contribution >= 4 is 67.1 Å². The number of thiophene rings is 1. The molecule has 34 heavy (non-hydrogen) atoms. The Morgan fingerprint density at radius 2 is 1.82 bits per heavy atom. The number of amides is 2. The number of rotatable bonds is 6. The van der Waals surface area contributed by atoms with Crippen molar-refractivity contribution in [2.45, 2.75) is 13.3 Å². The van der Waals surface area contributed by atoms with Crippen molar-refractivity contribution in [3.63, 3.8) is 0 Å². The van der Waals surface area contributed by atoms with Crippen LogP contribution >= 0.6 is 34.3 Å². The molecule has 2 N–H and O–H groups in total. The van der Waals surface area contributed by atoms with E-state index < -0.39 is 0 Å². The topological polar surface area (TPSA) is 88.9 Å². The SMILES string of the molecule is Cc1nn(-c2ccccc2)c2sc(C(=O)Nc3nc(CC(=O)Nc4ccc(Cl)cc4)cs3)cc12. The van der Waals surface area contributed by atoms with E-state index in [9.17, 15) is 9.59 Å². The quantitative estimate of drug-likeness (QED) is 0.297. The van der Waals surface area contributed by atoms with E-state index in [-0.39, 0.29) is 18.2 Å². The number of thiazole rings is 1. The summed E-state index contributed by atoms with van der Waals surface area (Å²) >= 11 is 8.53. The number of para-hydroxylation sites is 1. The zero-order chi connectivity index (χ0) is 23.7. The highest BCUT2D eigenvalue weighted by atomic mass is 35.5. The van der Waals surface area contributed by atoms with E-state index in [4.69, 9.17) is 11.6 Å². The fraction of sp³-hybridized carbons (Fsp3) is 0.0833. The maximum absolute atomic E-state index is 12.9. The summed E-state index contributed by atoms with van der Waals surface area (Å²) in [5, 5.41) is 14.0. The van der Waals surface area contributed by atoms with Crippen molar-refractivity contribution in [1.29, 1.82) is 0 Å². The number of aromatic nitrogens is 3. The number of anilines is 2. The van der Waals surface area contributed by atoms with Crippen molar-refractivity contribution in [1.82, 2.24) is 14.8 Å². The Labute approximate surface area is 208 Å². The van der Waals surface area contributed by atoms with Crippen LogP contribution in [-0.2, 0) is 11.2 Å². The third-order valence-electron chi connectivity index (χ3n) is 5.01. The molecule has 0 aliphatic rings. The molecule has 5 aromatic rings. The predicted molar refractivity (Wildman–Crippen MR) is 138 cm³/mol. The second-order valence-corrected chi connectivity index (χ2v) is 9.82. The van der Waals surface area contributed by atoms with Gasteiger partial charge in [0.25, 0.3) is 5.91 Å². The van der Waals surface area contributed by atoms with E-state index in [2.05, 4.69) is 20.7 Å². The largest absolute Gasteiger partial charge is 0.326 e. The lowest BCUT2D eigenvalue weighted by Crippen LogP contribution is -2.15. The van der Waals surface area contributed by atoms with Crippen LogP contribution < -0.4 is 10.6 Å². The maximum Gasteiger partial charge on any atom is 0.267 e. The second kappa shape index (κ2) is 9.38.